The van der Waals surface area contributed by atoms with Crippen LogP contribution in [-0.4, -0.2) is 104 Å². The third kappa shape index (κ3) is 47.6. The summed E-state index contributed by atoms with van der Waals surface area (Å²) in [6, 6.07) is 0. The summed E-state index contributed by atoms with van der Waals surface area (Å²) in [7, 11) is 0. The van der Waals surface area contributed by atoms with Gasteiger partial charge in [-0.05, 0) is 62.2 Å². The molecule has 0 spiro atoms. The van der Waals surface area contributed by atoms with Gasteiger partial charge in [-0.15, -0.1) is 37.9 Å². The number of aliphatic hydroxyl groups excluding tert-OH is 3. The van der Waals surface area contributed by atoms with Crippen LogP contribution < -0.4 is 0 Å². The van der Waals surface area contributed by atoms with Crippen LogP contribution in [0.1, 0.15) is 187 Å². The molecule has 0 aliphatic heterocycles. The molecule has 17 heteroatoms. The van der Waals surface area contributed by atoms with Crippen molar-refractivity contribution < 1.29 is 53.8 Å². The summed E-state index contributed by atoms with van der Waals surface area (Å²) in [5.74, 6) is 0.788. The molecule has 0 aliphatic carbocycles. The molecule has 0 saturated heterocycles. The minimum absolute atomic E-state index is 0.0809. The van der Waals surface area contributed by atoms with E-state index in [0.29, 0.717) is 25.7 Å². The second kappa shape index (κ2) is 47.8. The molecule has 0 bridgehead atoms. The van der Waals surface area contributed by atoms with E-state index in [0.717, 1.165) is 75.0 Å². The predicted octanol–water partition coefficient (Wildman–Crippen LogP) is 10.2. The average Bonchev–Trinajstić information content (AvgIpc) is 3.24. The lowest BCUT2D eigenvalue weighted by Gasteiger charge is -2.24. The van der Waals surface area contributed by atoms with E-state index in [-0.39, 0.29) is 50.9 Å². The molecule has 0 radical (unpaired) electrons. The Kier molecular flexibility index (Phi) is 51.1. The zero-order valence-electron chi connectivity index (χ0n) is 37.4. The number of hydrogen-bond acceptors (Lipinski definition) is 16. The number of aliphatic carboxylic acids is 1. The van der Waals surface area contributed by atoms with E-state index in [1.807, 2.05) is 6.92 Å². The predicted molar refractivity (Wildman–Crippen MR) is 269 cm³/mol. The number of thiol groups is 6. The number of carbonyl (C=O) groups excluding carboxylic acids is 3. The Bertz CT molecular complexity index is 961. The molecule has 0 atom stereocenters. The minimum Gasteiger partial charge on any atom is -0.479 e. The number of rotatable bonds is 40. The highest BCUT2D eigenvalue weighted by molar-refractivity contribution is 8.18. The van der Waals surface area contributed by atoms with Crippen molar-refractivity contribution in [2.24, 2.45) is 5.41 Å². The van der Waals surface area contributed by atoms with Crippen LogP contribution in [0.15, 0.2) is 0 Å². The lowest BCUT2D eigenvalue weighted by atomic mass is 9.88. The summed E-state index contributed by atoms with van der Waals surface area (Å²) in [5, 5.41) is 34.0. The van der Waals surface area contributed by atoms with E-state index < -0.39 is 20.9 Å². The fraction of sp³-hybridized carbons (Fsp3) is 0.909. The summed E-state index contributed by atoms with van der Waals surface area (Å²) >= 11 is 23.2. The lowest BCUT2D eigenvalue weighted by Crippen LogP contribution is -2.32. The molecule has 364 valence electrons. The third-order valence-electron chi connectivity index (χ3n) is 10.1. The van der Waals surface area contributed by atoms with Gasteiger partial charge in [0.1, 0.15) is 13.2 Å². The van der Waals surface area contributed by atoms with E-state index >= 15 is 0 Å². The Morgan fingerprint density at radius 3 is 0.918 bits per heavy atom. The lowest BCUT2D eigenvalue weighted by molar-refractivity contribution is -0.167. The fourth-order valence-corrected chi connectivity index (χ4v) is 6.36. The van der Waals surface area contributed by atoms with Crippen LogP contribution >= 0.6 is 75.8 Å². The molecule has 11 nitrogen and oxygen atoms in total. The van der Waals surface area contributed by atoms with Gasteiger partial charge in [-0.1, -0.05) is 122 Å². The summed E-state index contributed by atoms with van der Waals surface area (Å²) in [4.78, 5) is 47.0. The van der Waals surface area contributed by atoms with Crippen molar-refractivity contribution in [2.75, 3.05) is 50.3 Å². The normalized spacial score (nSPS) is 11.3. The maximum atomic E-state index is 12.5. The van der Waals surface area contributed by atoms with Crippen LogP contribution in [-0.2, 0) is 33.4 Å². The summed E-state index contributed by atoms with van der Waals surface area (Å²) in [5.41, 5.74) is -0.667. The Morgan fingerprint density at radius 1 is 0.459 bits per heavy atom. The van der Waals surface area contributed by atoms with Gasteiger partial charge in [0.2, 0.25) is 0 Å². The van der Waals surface area contributed by atoms with Gasteiger partial charge in [-0.2, -0.15) is 37.9 Å². The average molecular weight is 984 g/mol. The molecule has 0 fully saturated rings. The van der Waals surface area contributed by atoms with E-state index in [1.54, 1.807) is 0 Å². The molecule has 0 unspecified atom stereocenters. The van der Waals surface area contributed by atoms with Gasteiger partial charge >= 0.3 is 23.9 Å². The summed E-state index contributed by atoms with van der Waals surface area (Å²) in [6.45, 7) is 1.19. The molecule has 0 saturated carbocycles. The van der Waals surface area contributed by atoms with Gasteiger partial charge in [0.05, 0.1) is 19.8 Å². The quantitative estimate of drug-likeness (QED) is 0.00930. The maximum absolute atomic E-state index is 12.5. The largest absolute Gasteiger partial charge is 0.479 e. The summed E-state index contributed by atoms with van der Waals surface area (Å²) < 4.78 is 15.0. The van der Waals surface area contributed by atoms with Gasteiger partial charge in [-0.3, -0.25) is 14.4 Å². The van der Waals surface area contributed by atoms with Crippen molar-refractivity contribution in [3.63, 3.8) is 0 Å². The van der Waals surface area contributed by atoms with Crippen LogP contribution in [0.3, 0.4) is 0 Å². The first-order valence-electron chi connectivity index (χ1n) is 22.8. The second-order valence-electron chi connectivity index (χ2n) is 15.7. The molecule has 0 aromatic rings. The van der Waals surface area contributed by atoms with Crippen molar-refractivity contribution in [3.05, 3.63) is 0 Å². The molecular formula is C44H86O11S6. The number of aliphatic hydroxyl groups is 3. The highest BCUT2D eigenvalue weighted by Gasteiger charge is 2.25. The SMILES string of the molecule is CCC(CO)(CO)CO.O=C(CCCCCCCCCCS)OCC(COC(=O)CCCCCCCCCCS)OC(=O)CCCCCCCCCCS.O=C(O)C(S)(S)S. The van der Waals surface area contributed by atoms with Gasteiger partial charge < -0.3 is 34.6 Å². The first-order valence-corrected chi connectivity index (χ1v) is 26.0. The number of unbranched alkanes of at least 4 members (excludes halogenated alkanes) is 21. The van der Waals surface area contributed by atoms with Gasteiger partial charge in [0, 0.05) is 24.7 Å². The van der Waals surface area contributed by atoms with Crippen LogP contribution in [0, 0.1) is 5.41 Å². The van der Waals surface area contributed by atoms with Gasteiger partial charge in [-0.25, -0.2) is 4.79 Å². The van der Waals surface area contributed by atoms with Crippen LogP contribution in [0.5, 0.6) is 0 Å². The number of esters is 3. The van der Waals surface area contributed by atoms with E-state index in [9.17, 15) is 19.2 Å². The first kappa shape index (κ1) is 65.1. The summed E-state index contributed by atoms with van der Waals surface area (Å²) in [6.07, 6.45) is 27.8. The van der Waals surface area contributed by atoms with Crippen molar-refractivity contribution in [1.82, 2.24) is 0 Å². The van der Waals surface area contributed by atoms with Crippen molar-refractivity contribution in [2.45, 2.75) is 196 Å². The highest BCUT2D eigenvalue weighted by atomic mass is 32.2. The van der Waals surface area contributed by atoms with Crippen LogP contribution in [0.4, 0.5) is 0 Å². The molecule has 0 heterocycles. The van der Waals surface area contributed by atoms with Crippen molar-refractivity contribution in [3.8, 4) is 0 Å². The smallest absolute Gasteiger partial charge is 0.339 e. The zero-order chi connectivity index (χ0) is 46.5. The molecule has 0 aromatic carbocycles. The molecular weight excluding hydrogens is 897 g/mol. The van der Waals surface area contributed by atoms with E-state index in [4.69, 9.17) is 34.6 Å². The number of carbonyl (C=O) groups is 4. The number of hydrogen-bond donors (Lipinski definition) is 10. The number of carboxylic acid groups (broad SMARTS) is 1. The molecule has 0 aromatic heterocycles. The van der Waals surface area contributed by atoms with E-state index in [1.165, 1.54) is 96.3 Å². The Labute approximate surface area is 403 Å². The second-order valence-corrected chi connectivity index (χ2v) is 20.1. The van der Waals surface area contributed by atoms with E-state index in [2.05, 4.69) is 75.8 Å². The van der Waals surface area contributed by atoms with Gasteiger partial charge in [0.25, 0.3) is 0 Å². The molecule has 0 rings (SSSR count). The number of carboxylic acids is 1. The van der Waals surface area contributed by atoms with Crippen LogP contribution in [0.2, 0.25) is 0 Å². The standard InChI is InChI=1S/C36H68O6S3.C6H14O3.C2H4O2S3/c37-34(25-19-13-7-1-4-10-16-22-28-43)40-31-33(42-36(39)27-21-15-9-3-6-12-18-24-30-45)32-41-35(38)26-20-14-8-2-5-11-17-23-29-44;1-2-6(3-7,4-8)5-9;3-1(4)2(5,6)7/h33,43-45H,1-32H2;7-9H,2-5H2,1H3;5-7H,(H,3,4). The molecule has 4 N–H and O–H groups in total. The van der Waals surface area contributed by atoms with Crippen LogP contribution in [0.25, 0.3) is 0 Å². The fourth-order valence-electron chi connectivity index (χ4n) is 5.69. The minimum atomic E-state index is -1.50. The van der Waals surface area contributed by atoms with Crippen molar-refractivity contribution >= 4 is 99.6 Å². The Balaban J connectivity index is -0.00000175. The Morgan fingerprint density at radius 2 is 0.705 bits per heavy atom. The molecule has 61 heavy (non-hydrogen) atoms. The van der Waals surface area contributed by atoms with Gasteiger partial charge in [0.15, 0.2) is 9.52 Å². The molecule has 0 amide bonds. The monoisotopic (exact) mass is 982 g/mol. The third-order valence-corrected chi connectivity index (χ3v) is 11.6. The topological polar surface area (TPSA) is 177 Å². The maximum Gasteiger partial charge on any atom is 0.339 e. The Hall–Kier alpha value is -0.140. The highest BCUT2D eigenvalue weighted by Crippen LogP contribution is 2.23. The zero-order valence-corrected chi connectivity index (χ0v) is 42.7. The molecule has 0 aliphatic rings. The number of ether oxygens (including phenoxy) is 3. The first-order chi connectivity index (χ1) is 29.2. The van der Waals surface area contributed by atoms with Crippen molar-refractivity contribution in [1.29, 1.82) is 0 Å².